The van der Waals surface area contributed by atoms with Crippen molar-refractivity contribution in [1.29, 1.82) is 0 Å². The van der Waals surface area contributed by atoms with Crippen molar-refractivity contribution in [2.75, 3.05) is 11.5 Å². The van der Waals surface area contributed by atoms with Gasteiger partial charge in [0.1, 0.15) is 0 Å². The van der Waals surface area contributed by atoms with Crippen LogP contribution < -0.4 is 4.90 Å². The maximum absolute atomic E-state index is 12.9. The zero-order valence-electron chi connectivity index (χ0n) is 16.7. The molecule has 0 bridgehead atoms. The van der Waals surface area contributed by atoms with Crippen LogP contribution in [0.2, 0.25) is 10.0 Å². The summed E-state index contributed by atoms with van der Waals surface area (Å²) in [6.45, 7) is 2.50. The molecule has 3 rings (SSSR count). The highest BCUT2D eigenvalue weighted by Crippen LogP contribution is 2.35. The molecule has 0 saturated carbocycles. The zero-order chi connectivity index (χ0) is 21.7. The number of imide groups is 1. The Balaban J connectivity index is 1.68. The van der Waals surface area contributed by atoms with E-state index in [4.69, 9.17) is 27.9 Å². The first-order valence-electron chi connectivity index (χ1n) is 10.1. The van der Waals surface area contributed by atoms with E-state index in [2.05, 4.69) is 6.92 Å². The van der Waals surface area contributed by atoms with E-state index in [1.807, 2.05) is 0 Å². The van der Waals surface area contributed by atoms with E-state index in [0.29, 0.717) is 11.6 Å². The molecule has 0 N–H and O–H groups in total. The van der Waals surface area contributed by atoms with Crippen LogP contribution in [0.1, 0.15) is 76.5 Å². The van der Waals surface area contributed by atoms with Crippen LogP contribution in [0, 0.1) is 0 Å². The van der Waals surface area contributed by atoms with Gasteiger partial charge in [0.15, 0.2) is 0 Å². The normalized spacial score (nSPS) is 13.0. The fraction of sp³-hybridized carbons (Fsp3) is 0.348. The smallest absolute Gasteiger partial charge is 0.338 e. The standard InChI is InChI=1S/C23H23Cl2NO4/c1-2-3-4-5-6-7-12-30-23(29)15-8-10-17-18(13-15)22(28)26(21(17)27)20-14-16(24)9-11-19(20)25/h8-11,13-14H,2-7,12H2,1H3. The number of rotatable bonds is 9. The molecule has 2 aromatic carbocycles. The van der Waals surface area contributed by atoms with Crippen LogP contribution in [0.3, 0.4) is 0 Å². The molecule has 7 heteroatoms. The molecule has 1 aliphatic heterocycles. The van der Waals surface area contributed by atoms with Crippen LogP contribution in [0.15, 0.2) is 36.4 Å². The van der Waals surface area contributed by atoms with Crippen molar-refractivity contribution >= 4 is 46.7 Å². The molecule has 0 aliphatic carbocycles. The van der Waals surface area contributed by atoms with Gasteiger partial charge < -0.3 is 4.74 Å². The lowest BCUT2D eigenvalue weighted by Crippen LogP contribution is -2.29. The molecule has 0 radical (unpaired) electrons. The molecule has 30 heavy (non-hydrogen) atoms. The Morgan fingerprint density at radius 2 is 1.60 bits per heavy atom. The van der Waals surface area contributed by atoms with Crippen LogP contribution in [-0.2, 0) is 4.74 Å². The lowest BCUT2D eigenvalue weighted by molar-refractivity contribution is 0.0497. The molecule has 2 amide bonds. The van der Waals surface area contributed by atoms with Gasteiger partial charge in [-0.25, -0.2) is 9.69 Å². The molecule has 0 unspecified atom stereocenters. The first-order chi connectivity index (χ1) is 14.4. The van der Waals surface area contributed by atoms with Crippen molar-refractivity contribution in [3.05, 3.63) is 63.1 Å². The molecule has 158 valence electrons. The van der Waals surface area contributed by atoms with Gasteiger partial charge in [0.05, 0.1) is 34.0 Å². The van der Waals surface area contributed by atoms with Crippen molar-refractivity contribution in [2.24, 2.45) is 0 Å². The van der Waals surface area contributed by atoms with Gasteiger partial charge in [0.25, 0.3) is 11.8 Å². The monoisotopic (exact) mass is 447 g/mol. The Bertz CT molecular complexity index is 974. The number of halogens is 2. The number of benzene rings is 2. The molecule has 0 aromatic heterocycles. The molecule has 1 aliphatic rings. The Labute approximate surface area is 185 Å². The van der Waals surface area contributed by atoms with Gasteiger partial charge in [-0.2, -0.15) is 0 Å². The Morgan fingerprint density at radius 1 is 0.900 bits per heavy atom. The number of unbranched alkanes of at least 4 members (excludes halogenated alkanes) is 5. The molecule has 0 atom stereocenters. The third kappa shape index (κ3) is 4.85. The van der Waals surface area contributed by atoms with Gasteiger partial charge in [0.2, 0.25) is 0 Å². The fourth-order valence-corrected chi connectivity index (χ4v) is 3.74. The summed E-state index contributed by atoms with van der Waals surface area (Å²) < 4.78 is 5.32. The number of nitrogens with zero attached hydrogens (tertiary/aromatic N) is 1. The number of ether oxygens (including phenoxy) is 1. The molecular weight excluding hydrogens is 425 g/mol. The first-order valence-corrected chi connectivity index (χ1v) is 10.8. The average Bonchev–Trinajstić information content (AvgIpc) is 2.98. The third-order valence-corrected chi connectivity index (χ3v) is 5.56. The summed E-state index contributed by atoms with van der Waals surface area (Å²) in [5.41, 5.74) is 0.802. The quantitative estimate of drug-likeness (QED) is 0.256. The predicted octanol–water partition coefficient (Wildman–Crippen LogP) is 6.31. The molecule has 0 saturated heterocycles. The van der Waals surface area contributed by atoms with Crippen molar-refractivity contribution in [3.8, 4) is 0 Å². The SMILES string of the molecule is CCCCCCCCOC(=O)c1ccc2c(c1)C(=O)N(c1cc(Cl)ccc1Cl)C2=O. The molecular formula is C23H23Cl2NO4. The Kier molecular flexibility index (Phi) is 7.51. The number of esters is 1. The molecule has 2 aromatic rings. The number of amides is 2. The number of hydrogen-bond acceptors (Lipinski definition) is 4. The van der Waals surface area contributed by atoms with Gasteiger partial charge >= 0.3 is 5.97 Å². The van der Waals surface area contributed by atoms with Crippen molar-refractivity contribution in [2.45, 2.75) is 45.4 Å². The second kappa shape index (κ2) is 10.1. The van der Waals surface area contributed by atoms with E-state index in [1.54, 1.807) is 6.07 Å². The highest BCUT2D eigenvalue weighted by molar-refractivity contribution is 6.41. The summed E-state index contributed by atoms with van der Waals surface area (Å²) in [7, 11) is 0. The van der Waals surface area contributed by atoms with Crippen molar-refractivity contribution in [3.63, 3.8) is 0 Å². The number of carbonyl (C=O) groups excluding carboxylic acids is 3. The first kappa shape index (κ1) is 22.3. The summed E-state index contributed by atoms with van der Waals surface area (Å²) in [5.74, 6) is -1.57. The summed E-state index contributed by atoms with van der Waals surface area (Å²) in [6, 6.07) is 8.92. The minimum Gasteiger partial charge on any atom is -0.462 e. The second-order valence-electron chi connectivity index (χ2n) is 7.21. The minimum absolute atomic E-state index is 0.144. The Hall–Kier alpha value is -2.37. The van der Waals surface area contributed by atoms with E-state index < -0.39 is 17.8 Å². The van der Waals surface area contributed by atoms with Crippen molar-refractivity contribution in [1.82, 2.24) is 0 Å². The summed E-state index contributed by atoms with van der Waals surface area (Å²) in [6.07, 6.45) is 6.55. The predicted molar refractivity (Wildman–Crippen MR) is 118 cm³/mol. The summed E-state index contributed by atoms with van der Waals surface area (Å²) in [4.78, 5) is 39.0. The van der Waals surface area contributed by atoms with Crippen LogP contribution in [0.4, 0.5) is 5.69 Å². The van der Waals surface area contributed by atoms with E-state index >= 15 is 0 Å². The molecule has 0 fully saturated rings. The van der Waals surface area contributed by atoms with E-state index in [9.17, 15) is 14.4 Å². The maximum atomic E-state index is 12.9. The lowest BCUT2D eigenvalue weighted by Gasteiger charge is -2.15. The van der Waals surface area contributed by atoms with Gasteiger partial charge in [-0.05, 0) is 42.8 Å². The highest BCUT2D eigenvalue weighted by atomic mass is 35.5. The minimum atomic E-state index is -0.551. The van der Waals surface area contributed by atoms with Gasteiger partial charge in [-0.15, -0.1) is 0 Å². The van der Waals surface area contributed by atoms with E-state index in [1.165, 1.54) is 49.6 Å². The van der Waals surface area contributed by atoms with Crippen LogP contribution in [0.25, 0.3) is 0 Å². The highest BCUT2D eigenvalue weighted by Gasteiger charge is 2.38. The van der Waals surface area contributed by atoms with Gasteiger partial charge in [-0.3, -0.25) is 9.59 Å². The van der Waals surface area contributed by atoms with E-state index in [-0.39, 0.29) is 27.4 Å². The fourth-order valence-electron chi connectivity index (χ4n) is 3.37. The lowest BCUT2D eigenvalue weighted by atomic mass is 10.1. The second-order valence-corrected chi connectivity index (χ2v) is 8.05. The third-order valence-electron chi connectivity index (χ3n) is 5.00. The van der Waals surface area contributed by atoms with Gasteiger partial charge in [-0.1, -0.05) is 62.2 Å². The number of fused-ring (bicyclic) bond motifs is 1. The van der Waals surface area contributed by atoms with E-state index in [0.717, 1.165) is 24.2 Å². The summed E-state index contributed by atoms with van der Waals surface area (Å²) >= 11 is 12.2. The zero-order valence-corrected chi connectivity index (χ0v) is 18.3. The molecule has 1 heterocycles. The largest absolute Gasteiger partial charge is 0.462 e. The molecule has 5 nitrogen and oxygen atoms in total. The number of anilines is 1. The van der Waals surface area contributed by atoms with Crippen molar-refractivity contribution < 1.29 is 19.1 Å². The van der Waals surface area contributed by atoms with Crippen LogP contribution in [0.5, 0.6) is 0 Å². The number of carbonyl (C=O) groups is 3. The Morgan fingerprint density at radius 3 is 2.37 bits per heavy atom. The topological polar surface area (TPSA) is 63.7 Å². The maximum Gasteiger partial charge on any atom is 0.338 e. The molecule has 0 spiro atoms. The van der Waals surface area contributed by atoms with Gasteiger partial charge in [0, 0.05) is 5.02 Å². The average molecular weight is 448 g/mol. The van der Waals surface area contributed by atoms with Crippen LogP contribution >= 0.6 is 23.2 Å². The number of hydrogen-bond donors (Lipinski definition) is 0. The van der Waals surface area contributed by atoms with Crippen LogP contribution in [-0.4, -0.2) is 24.4 Å². The summed E-state index contributed by atoms with van der Waals surface area (Å²) in [5, 5.41) is 0.581.